The number of hydrogen-bond acceptors (Lipinski definition) is 6. The summed E-state index contributed by atoms with van der Waals surface area (Å²) in [6, 6.07) is 15.0. The van der Waals surface area contributed by atoms with Crippen molar-refractivity contribution in [2.24, 2.45) is 0 Å². The maximum atomic E-state index is 14.5. The van der Waals surface area contributed by atoms with Gasteiger partial charge in [-0.2, -0.15) is 0 Å². The quantitative estimate of drug-likeness (QED) is 0.371. The van der Waals surface area contributed by atoms with Gasteiger partial charge in [0.05, 0.1) is 39.1 Å². The fourth-order valence-corrected chi connectivity index (χ4v) is 3.89. The van der Waals surface area contributed by atoms with Crippen LogP contribution in [0.4, 0.5) is 10.2 Å². The smallest absolute Gasteiger partial charge is 0.257 e. The third-order valence-corrected chi connectivity index (χ3v) is 5.51. The molecule has 34 heavy (non-hydrogen) atoms. The molecule has 0 spiro atoms. The zero-order valence-corrected chi connectivity index (χ0v) is 19.5. The Bertz CT molecular complexity index is 1310. The van der Waals surface area contributed by atoms with Crippen LogP contribution < -0.4 is 14.4 Å². The Morgan fingerprint density at radius 3 is 2.38 bits per heavy atom. The van der Waals surface area contributed by atoms with Gasteiger partial charge in [0.15, 0.2) is 0 Å². The highest BCUT2D eigenvalue weighted by Crippen LogP contribution is 2.35. The highest BCUT2D eigenvalue weighted by Gasteiger charge is 2.24. The molecule has 0 atom stereocenters. The zero-order chi connectivity index (χ0) is 24.2. The number of rotatable bonds is 8. The fourth-order valence-electron chi connectivity index (χ4n) is 3.89. The van der Waals surface area contributed by atoms with Crippen LogP contribution in [0.2, 0.25) is 0 Å². The van der Waals surface area contributed by atoms with Gasteiger partial charge in [-0.1, -0.05) is 12.1 Å². The second-order valence-corrected chi connectivity index (χ2v) is 7.95. The molecule has 0 fully saturated rings. The molecular weight excluding hydrogens is 437 g/mol. The summed E-state index contributed by atoms with van der Waals surface area (Å²) in [6.45, 7) is 0.338. The maximum Gasteiger partial charge on any atom is 0.257 e. The average molecular weight is 464 g/mol. The Labute approximate surface area is 197 Å². The highest BCUT2D eigenvalue weighted by atomic mass is 19.1. The molecular formula is C26H26FN3O4. The number of nitrogens with zero attached hydrogens (tertiary/aromatic N) is 3. The number of anilines is 1. The first kappa shape index (κ1) is 23.1. The molecule has 0 aliphatic heterocycles. The number of carbonyl (C=O) groups excluding carboxylic acids is 1. The first-order chi connectivity index (χ1) is 16.4. The van der Waals surface area contributed by atoms with Gasteiger partial charge >= 0.3 is 0 Å². The van der Waals surface area contributed by atoms with Gasteiger partial charge in [0.25, 0.3) is 5.91 Å². The van der Waals surface area contributed by atoms with Crippen LogP contribution in [-0.2, 0) is 13.1 Å². The van der Waals surface area contributed by atoms with E-state index in [1.807, 2.05) is 31.1 Å². The number of hydrogen-bond donors (Lipinski definition) is 0. The van der Waals surface area contributed by atoms with E-state index in [0.717, 1.165) is 10.9 Å². The van der Waals surface area contributed by atoms with Crippen molar-refractivity contribution in [3.63, 3.8) is 0 Å². The summed E-state index contributed by atoms with van der Waals surface area (Å²) in [5, 5.41) is 0.749. The van der Waals surface area contributed by atoms with E-state index in [0.29, 0.717) is 28.6 Å². The lowest BCUT2D eigenvalue weighted by Crippen LogP contribution is -2.31. The molecule has 0 N–H and O–H groups in total. The Hall–Kier alpha value is -4.07. The summed E-state index contributed by atoms with van der Waals surface area (Å²) in [5.74, 6) is 1.46. The lowest BCUT2D eigenvalue weighted by atomic mass is 10.1. The molecule has 8 heteroatoms. The van der Waals surface area contributed by atoms with Crippen LogP contribution in [-0.4, -0.2) is 44.1 Å². The molecule has 0 aliphatic rings. The molecule has 0 aliphatic carbocycles. The molecule has 2 aromatic carbocycles. The number of amides is 1. The molecule has 176 valence electrons. The topological polar surface area (TPSA) is 68.0 Å². The molecule has 1 amide bonds. The highest BCUT2D eigenvalue weighted by molar-refractivity contribution is 5.95. The van der Waals surface area contributed by atoms with E-state index in [4.69, 9.17) is 18.9 Å². The first-order valence-corrected chi connectivity index (χ1v) is 10.7. The normalized spacial score (nSPS) is 10.9. The van der Waals surface area contributed by atoms with E-state index in [2.05, 4.69) is 0 Å². The van der Waals surface area contributed by atoms with Crippen LogP contribution in [0.15, 0.2) is 65.3 Å². The predicted octanol–water partition coefficient (Wildman–Crippen LogP) is 4.89. The molecule has 4 aromatic rings. The van der Waals surface area contributed by atoms with Crippen molar-refractivity contribution in [2.45, 2.75) is 13.1 Å². The fraction of sp³-hybridized carbons (Fsp3) is 0.231. The summed E-state index contributed by atoms with van der Waals surface area (Å²) in [4.78, 5) is 21.7. The molecule has 7 nitrogen and oxygen atoms in total. The maximum absolute atomic E-state index is 14.5. The van der Waals surface area contributed by atoms with Gasteiger partial charge in [-0.15, -0.1) is 0 Å². The van der Waals surface area contributed by atoms with E-state index in [1.54, 1.807) is 55.7 Å². The van der Waals surface area contributed by atoms with Crippen molar-refractivity contribution in [1.29, 1.82) is 0 Å². The van der Waals surface area contributed by atoms with Gasteiger partial charge in [-0.3, -0.25) is 4.79 Å². The molecule has 0 saturated heterocycles. The molecule has 0 bridgehead atoms. The largest absolute Gasteiger partial charge is 0.496 e. The number of pyridine rings is 1. The zero-order valence-electron chi connectivity index (χ0n) is 19.5. The number of fused-ring (bicyclic) bond motifs is 1. The molecule has 2 heterocycles. The van der Waals surface area contributed by atoms with Crippen LogP contribution in [0.25, 0.3) is 10.9 Å². The number of aromatic nitrogens is 1. The SMILES string of the molecule is COc1ccc(OC)c2nc(N(C)C)c(CN(Cc3ccco3)C(=O)c3ccccc3F)cc12. The van der Waals surface area contributed by atoms with Crippen molar-refractivity contribution in [3.8, 4) is 11.5 Å². The lowest BCUT2D eigenvalue weighted by Gasteiger charge is -2.25. The second-order valence-electron chi connectivity index (χ2n) is 7.95. The molecule has 0 radical (unpaired) electrons. The summed E-state index contributed by atoms with van der Waals surface area (Å²) < 4.78 is 31.0. The minimum atomic E-state index is -0.576. The van der Waals surface area contributed by atoms with Crippen molar-refractivity contribution >= 4 is 22.6 Å². The van der Waals surface area contributed by atoms with Crippen molar-refractivity contribution in [2.75, 3.05) is 33.2 Å². The van der Waals surface area contributed by atoms with Gasteiger partial charge in [0.2, 0.25) is 0 Å². The third-order valence-electron chi connectivity index (χ3n) is 5.51. The van der Waals surface area contributed by atoms with Gasteiger partial charge < -0.3 is 23.7 Å². The standard InChI is InChI=1S/C26H26FN3O4/c1-29(2)25-17(14-20-22(32-3)11-12-23(33-4)24(20)28-25)15-30(16-18-8-7-13-34-18)26(31)19-9-5-6-10-21(19)27/h5-14H,15-16H2,1-4H3. The number of furan rings is 1. The van der Waals surface area contributed by atoms with Crippen molar-refractivity contribution in [1.82, 2.24) is 9.88 Å². The van der Waals surface area contributed by atoms with Crippen LogP contribution in [0, 0.1) is 5.82 Å². The first-order valence-electron chi connectivity index (χ1n) is 10.7. The minimum absolute atomic E-state index is 0.00606. The Balaban J connectivity index is 1.83. The lowest BCUT2D eigenvalue weighted by molar-refractivity contribution is 0.0713. The number of benzene rings is 2. The van der Waals surface area contributed by atoms with Crippen LogP contribution >= 0.6 is 0 Å². The predicted molar refractivity (Wildman–Crippen MR) is 128 cm³/mol. The summed E-state index contributed by atoms with van der Waals surface area (Å²) in [6.07, 6.45) is 1.54. The van der Waals surface area contributed by atoms with Gasteiger partial charge in [-0.05, 0) is 42.5 Å². The molecule has 4 rings (SSSR count). The Kier molecular flexibility index (Phi) is 6.67. The van der Waals surface area contributed by atoms with Crippen LogP contribution in [0.1, 0.15) is 21.7 Å². The van der Waals surface area contributed by atoms with Crippen molar-refractivity contribution < 1.29 is 23.1 Å². The minimum Gasteiger partial charge on any atom is -0.496 e. The van der Waals surface area contributed by atoms with Crippen LogP contribution in [0.5, 0.6) is 11.5 Å². The van der Waals surface area contributed by atoms with Crippen LogP contribution in [0.3, 0.4) is 0 Å². The summed E-state index contributed by atoms with van der Waals surface area (Å²) >= 11 is 0. The number of methoxy groups -OCH3 is 2. The number of ether oxygens (including phenoxy) is 2. The number of carbonyl (C=O) groups is 1. The van der Waals surface area contributed by atoms with E-state index in [-0.39, 0.29) is 18.7 Å². The number of halogens is 1. The summed E-state index contributed by atoms with van der Waals surface area (Å²) in [7, 11) is 6.93. The molecule has 2 aromatic heterocycles. The molecule has 0 saturated carbocycles. The van der Waals surface area contributed by atoms with Crippen molar-refractivity contribution in [3.05, 3.63) is 83.6 Å². The third kappa shape index (κ3) is 4.52. The average Bonchev–Trinajstić information content (AvgIpc) is 3.35. The Morgan fingerprint density at radius 2 is 1.74 bits per heavy atom. The molecule has 0 unspecified atom stereocenters. The second kappa shape index (κ2) is 9.82. The monoisotopic (exact) mass is 463 g/mol. The Morgan fingerprint density at radius 1 is 1.00 bits per heavy atom. The van der Waals surface area contributed by atoms with Gasteiger partial charge in [0, 0.05) is 25.0 Å². The van der Waals surface area contributed by atoms with E-state index >= 15 is 0 Å². The summed E-state index contributed by atoms with van der Waals surface area (Å²) in [5.41, 5.74) is 1.40. The van der Waals surface area contributed by atoms with Gasteiger partial charge in [-0.25, -0.2) is 9.37 Å². The van der Waals surface area contributed by atoms with Gasteiger partial charge in [0.1, 0.15) is 34.4 Å². The van der Waals surface area contributed by atoms with E-state index in [9.17, 15) is 9.18 Å². The van der Waals surface area contributed by atoms with E-state index < -0.39 is 11.7 Å². The van der Waals surface area contributed by atoms with E-state index in [1.165, 1.54) is 12.1 Å².